The third-order valence-corrected chi connectivity index (χ3v) is 5.42. The second kappa shape index (κ2) is 6.63. The number of fused-ring (bicyclic) bond motifs is 1. The Morgan fingerprint density at radius 2 is 2.00 bits per heavy atom. The Balaban J connectivity index is 1.25. The molecule has 1 saturated carbocycles. The molecule has 5 heteroatoms. The average molecular weight is 331 g/mol. The van der Waals surface area contributed by atoms with Crippen molar-refractivity contribution in [1.29, 1.82) is 0 Å². The SMILES string of the molecule is O=C(CCc1ccc2c(c1)OCO2)N[C@H]1COC2(CCCCC2)C1. The first-order chi connectivity index (χ1) is 11.7. The topological polar surface area (TPSA) is 56.8 Å². The van der Waals surface area contributed by atoms with Crippen LogP contribution < -0.4 is 14.8 Å². The van der Waals surface area contributed by atoms with E-state index in [1.807, 2.05) is 18.2 Å². The Labute approximate surface area is 142 Å². The van der Waals surface area contributed by atoms with Crippen LogP contribution in [0, 0.1) is 0 Å². The number of carbonyl (C=O) groups is 1. The van der Waals surface area contributed by atoms with E-state index in [2.05, 4.69) is 5.32 Å². The van der Waals surface area contributed by atoms with Crippen LogP contribution in [-0.2, 0) is 16.0 Å². The van der Waals surface area contributed by atoms with Crippen LogP contribution in [0.4, 0.5) is 0 Å². The van der Waals surface area contributed by atoms with Gasteiger partial charge in [0.2, 0.25) is 12.7 Å². The van der Waals surface area contributed by atoms with Gasteiger partial charge in [-0.2, -0.15) is 0 Å². The highest BCUT2D eigenvalue weighted by Gasteiger charge is 2.41. The lowest BCUT2D eigenvalue weighted by Crippen LogP contribution is -2.37. The predicted molar refractivity (Wildman–Crippen MR) is 89.2 cm³/mol. The minimum atomic E-state index is 0.0491. The van der Waals surface area contributed by atoms with Gasteiger partial charge >= 0.3 is 0 Å². The molecule has 0 bridgehead atoms. The number of ether oxygens (including phenoxy) is 3. The van der Waals surface area contributed by atoms with E-state index in [-0.39, 0.29) is 24.3 Å². The summed E-state index contributed by atoms with van der Waals surface area (Å²) in [6.45, 7) is 0.943. The Hall–Kier alpha value is -1.75. The highest BCUT2D eigenvalue weighted by Crippen LogP contribution is 2.39. The lowest BCUT2D eigenvalue weighted by Gasteiger charge is -2.32. The van der Waals surface area contributed by atoms with E-state index in [1.165, 1.54) is 19.3 Å². The van der Waals surface area contributed by atoms with Crippen molar-refractivity contribution in [3.63, 3.8) is 0 Å². The summed E-state index contributed by atoms with van der Waals surface area (Å²) >= 11 is 0. The first kappa shape index (κ1) is 15.8. The number of nitrogens with one attached hydrogen (secondary N) is 1. The number of carbonyl (C=O) groups excluding carboxylic acids is 1. The van der Waals surface area contributed by atoms with E-state index in [9.17, 15) is 4.79 Å². The van der Waals surface area contributed by atoms with Crippen molar-refractivity contribution in [2.75, 3.05) is 13.4 Å². The summed E-state index contributed by atoms with van der Waals surface area (Å²) in [5, 5.41) is 3.15. The number of benzene rings is 1. The van der Waals surface area contributed by atoms with Crippen LogP contribution >= 0.6 is 0 Å². The normalized spacial score (nSPS) is 24.2. The molecule has 1 amide bonds. The molecular formula is C19H25NO4. The van der Waals surface area contributed by atoms with Crippen molar-refractivity contribution in [2.24, 2.45) is 0 Å². The van der Waals surface area contributed by atoms with Gasteiger partial charge in [0.1, 0.15) is 0 Å². The standard InChI is InChI=1S/C19H25NO4/c21-18(7-5-14-4-6-16-17(10-14)23-13-22-16)20-15-11-19(24-12-15)8-2-1-3-9-19/h4,6,10,15H,1-3,5,7-9,11-13H2,(H,20,21)/t15-/m1/s1. The zero-order valence-corrected chi connectivity index (χ0v) is 14.0. The molecular weight excluding hydrogens is 306 g/mol. The molecule has 1 N–H and O–H groups in total. The van der Waals surface area contributed by atoms with Crippen LogP contribution in [0.25, 0.3) is 0 Å². The monoisotopic (exact) mass is 331 g/mol. The fraction of sp³-hybridized carbons (Fsp3) is 0.632. The van der Waals surface area contributed by atoms with Gasteiger partial charge in [-0.05, 0) is 43.4 Å². The molecule has 3 aliphatic rings. The maximum absolute atomic E-state index is 12.3. The number of hydrogen-bond donors (Lipinski definition) is 1. The number of hydrogen-bond acceptors (Lipinski definition) is 4. The van der Waals surface area contributed by atoms with Crippen LogP contribution in [-0.4, -0.2) is 30.9 Å². The van der Waals surface area contributed by atoms with Gasteiger partial charge in [-0.3, -0.25) is 4.79 Å². The average Bonchev–Trinajstić information content (AvgIpc) is 3.20. The zero-order valence-electron chi connectivity index (χ0n) is 14.0. The second-order valence-electron chi connectivity index (χ2n) is 7.21. The van der Waals surface area contributed by atoms with Crippen molar-refractivity contribution < 1.29 is 19.0 Å². The van der Waals surface area contributed by atoms with Gasteiger partial charge in [0, 0.05) is 6.42 Å². The summed E-state index contributed by atoms with van der Waals surface area (Å²) in [7, 11) is 0. The molecule has 0 unspecified atom stereocenters. The number of aryl methyl sites for hydroxylation is 1. The Morgan fingerprint density at radius 1 is 1.17 bits per heavy atom. The molecule has 2 fully saturated rings. The van der Waals surface area contributed by atoms with Gasteiger partial charge < -0.3 is 19.5 Å². The minimum Gasteiger partial charge on any atom is -0.454 e. The van der Waals surface area contributed by atoms with E-state index >= 15 is 0 Å². The minimum absolute atomic E-state index is 0.0491. The van der Waals surface area contributed by atoms with E-state index < -0.39 is 0 Å². The van der Waals surface area contributed by atoms with Crippen molar-refractivity contribution in [3.8, 4) is 11.5 Å². The van der Waals surface area contributed by atoms with E-state index in [0.29, 0.717) is 19.4 Å². The van der Waals surface area contributed by atoms with Crippen molar-refractivity contribution >= 4 is 5.91 Å². The van der Waals surface area contributed by atoms with Crippen LogP contribution in [0.3, 0.4) is 0 Å². The van der Waals surface area contributed by atoms with Gasteiger partial charge in [-0.15, -0.1) is 0 Å². The Bertz CT molecular complexity index is 609. The van der Waals surface area contributed by atoms with Gasteiger partial charge in [0.15, 0.2) is 11.5 Å². The van der Waals surface area contributed by atoms with Crippen molar-refractivity contribution in [2.45, 2.75) is 63.0 Å². The second-order valence-corrected chi connectivity index (χ2v) is 7.21. The molecule has 0 aromatic heterocycles. The summed E-state index contributed by atoms with van der Waals surface area (Å²) in [6.07, 6.45) is 8.30. The lowest BCUT2D eigenvalue weighted by molar-refractivity contribution is -0.121. The Kier molecular flexibility index (Phi) is 4.35. The molecule has 1 saturated heterocycles. The van der Waals surface area contributed by atoms with Gasteiger partial charge in [0.05, 0.1) is 18.2 Å². The number of amides is 1. The van der Waals surface area contributed by atoms with Crippen LogP contribution in [0.15, 0.2) is 18.2 Å². The molecule has 1 aromatic carbocycles. The van der Waals surface area contributed by atoms with Gasteiger partial charge in [0.25, 0.3) is 0 Å². The fourth-order valence-electron chi connectivity index (χ4n) is 4.14. The van der Waals surface area contributed by atoms with E-state index in [0.717, 1.165) is 36.3 Å². The lowest BCUT2D eigenvalue weighted by atomic mass is 9.82. The molecule has 5 nitrogen and oxygen atoms in total. The predicted octanol–water partition coefficient (Wildman–Crippen LogP) is 2.96. The molecule has 4 rings (SSSR count). The highest BCUT2D eigenvalue weighted by atomic mass is 16.7. The highest BCUT2D eigenvalue weighted by molar-refractivity contribution is 5.76. The van der Waals surface area contributed by atoms with Gasteiger partial charge in [-0.25, -0.2) is 0 Å². The first-order valence-electron chi connectivity index (χ1n) is 9.04. The van der Waals surface area contributed by atoms with Crippen LogP contribution in [0.5, 0.6) is 11.5 Å². The third-order valence-electron chi connectivity index (χ3n) is 5.42. The summed E-state index contributed by atoms with van der Waals surface area (Å²) < 4.78 is 16.7. The van der Waals surface area contributed by atoms with E-state index in [1.54, 1.807) is 0 Å². The summed E-state index contributed by atoms with van der Waals surface area (Å²) in [4.78, 5) is 12.3. The Morgan fingerprint density at radius 3 is 2.88 bits per heavy atom. The molecule has 0 radical (unpaired) electrons. The largest absolute Gasteiger partial charge is 0.454 e. The molecule has 130 valence electrons. The summed E-state index contributed by atoms with van der Waals surface area (Å²) in [5.41, 5.74) is 1.15. The molecule has 1 aromatic rings. The molecule has 1 spiro atoms. The van der Waals surface area contributed by atoms with Crippen molar-refractivity contribution in [1.82, 2.24) is 5.32 Å². The first-order valence-corrected chi connectivity index (χ1v) is 9.04. The fourth-order valence-corrected chi connectivity index (χ4v) is 4.14. The summed E-state index contributed by atoms with van der Waals surface area (Å²) in [5.74, 6) is 1.66. The maximum atomic E-state index is 12.3. The molecule has 2 heterocycles. The third kappa shape index (κ3) is 3.36. The van der Waals surface area contributed by atoms with Crippen LogP contribution in [0.1, 0.15) is 50.5 Å². The maximum Gasteiger partial charge on any atom is 0.231 e. The molecule has 2 aliphatic heterocycles. The molecule has 1 atom stereocenters. The molecule has 24 heavy (non-hydrogen) atoms. The quantitative estimate of drug-likeness (QED) is 0.921. The smallest absolute Gasteiger partial charge is 0.231 e. The number of rotatable bonds is 4. The van der Waals surface area contributed by atoms with Gasteiger partial charge in [-0.1, -0.05) is 25.3 Å². The van der Waals surface area contributed by atoms with Crippen molar-refractivity contribution in [3.05, 3.63) is 23.8 Å². The van der Waals surface area contributed by atoms with E-state index in [4.69, 9.17) is 14.2 Å². The molecule has 1 aliphatic carbocycles. The summed E-state index contributed by atoms with van der Waals surface area (Å²) in [6, 6.07) is 6.04. The zero-order chi connectivity index (χ0) is 16.4. The van der Waals surface area contributed by atoms with Crippen LogP contribution in [0.2, 0.25) is 0 Å².